The van der Waals surface area contributed by atoms with Gasteiger partial charge in [0.2, 0.25) is 0 Å². The van der Waals surface area contributed by atoms with Gasteiger partial charge in [-0.1, -0.05) is 12.1 Å². The molecule has 1 heterocycles. The van der Waals surface area contributed by atoms with Crippen molar-refractivity contribution in [2.45, 2.75) is 35.9 Å². The summed E-state index contributed by atoms with van der Waals surface area (Å²) in [5, 5.41) is 0. The van der Waals surface area contributed by atoms with Gasteiger partial charge in [-0.3, -0.25) is 0 Å². The molecule has 0 N–H and O–H groups in total. The van der Waals surface area contributed by atoms with Crippen LogP contribution in [0.15, 0.2) is 59.4 Å². The molecule has 3 rings (SSSR count). The molecule has 0 saturated heterocycles. The summed E-state index contributed by atoms with van der Waals surface area (Å²) in [6.45, 7) is 1.24. The Bertz CT molecular complexity index is 1080. The van der Waals surface area contributed by atoms with Crippen molar-refractivity contribution in [1.29, 1.82) is 0 Å². The van der Waals surface area contributed by atoms with Gasteiger partial charge in [0.05, 0.1) is 17.2 Å². The lowest BCUT2D eigenvalue weighted by atomic mass is 9.81. The SMILES string of the molecule is CC1(CC(F)(F)F)OC=C(Oc2ccc(F)c(F)c2)C1c1ccc(S(C)(=O)=O)cc1. The van der Waals surface area contributed by atoms with E-state index in [9.17, 15) is 30.4 Å². The van der Waals surface area contributed by atoms with Crippen molar-refractivity contribution in [2.75, 3.05) is 6.26 Å². The summed E-state index contributed by atoms with van der Waals surface area (Å²) < 4.78 is 100. The summed E-state index contributed by atoms with van der Waals surface area (Å²) in [5.41, 5.74) is -1.49. The normalized spacial score (nSPS) is 21.8. The Morgan fingerprint density at radius 3 is 2.23 bits per heavy atom. The first-order valence-corrected chi connectivity index (χ1v) is 10.6. The van der Waals surface area contributed by atoms with Gasteiger partial charge >= 0.3 is 6.18 Å². The van der Waals surface area contributed by atoms with Crippen molar-refractivity contribution in [3.63, 3.8) is 0 Å². The molecule has 10 heteroatoms. The number of hydrogen-bond acceptors (Lipinski definition) is 4. The van der Waals surface area contributed by atoms with E-state index in [2.05, 4.69) is 0 Å². The van der Waals surface area contributed by atoms with Gasteiger partial charge in [0.15, 0.2) is 21.5 Å². The molecule has 30 heavy (non-hydrogen) atoms. The van der Waals surface area contributed by atoms with Gasteiger partial charge in [0, 0.05) is 12.3 Å². The van der Waals surface area contributed by atoms with Crippen LogP contribution in [0.25, 0.3) is 0 Å². The molecule has 0 fully saturated rings. The Morgan fingerprint density at radius 1 is 1.07 bits per heavy atom. The van der Waals surface area contributed by atoms with E-state index < -0.39 is 45.6 Å². The topological polar surface area (TPSA) is 52.6 Å². The van der Waals surface area contributed by atoms with Gasteiger partial charge in [0.1, 0.15) is 23.4 Å². The third kappa shape index (κ3) is 4.75. The van der Waals surface area contributed by atoms with Crippen LogP contribution in [0.4, 0.5) is 22.0 Å². The third-order valence-electron chi connectivity index (χ3n) is 4.66. The second kappa shape index (κ2) is 7.57. The summed E-state index contributed by atoms with van der Waals surface area (Å²) in [6, 6.07) is 7.99. The van der Waals surface area contributed by atoms with Crippen LogP contribution >= 0.6 is 0 Å². The second-order valence-corrected chi connectivity index (χ2v) is 9.21. The van der Waals surface area contributed by atoms with Crippen molar-refractivity contribution in [2.24, 2.45) is 0 Å². The number of rotatable bonds is 5. The van der Waals surface area contributed by atoms with E-state index in [4.69, 9.17) is 9.47 Å². The zero-order valence-corrected chi connectivity index (χ0v) is 16.7. The summed E-state index contributed by atoms with van der Waals surface area (Å²) in [5.74, 6) is -3.55. The van der Waals surface area contributed by atoms with Crippen LogP contribution < -0.4 is 4.74 Å². The molecule has 1 aliphatic rings. The Morgan fingerprint density at radius 2 is 1.70 bits per heavy atom. The predicted molar refractivity (Wildman–Crippen MR) is 97.5 cm³/mol. The molecular weight excluding hydrogens is 431 g/mol. The number of sulfone groups is 1. The fraction of sp³-hybridized carbons (Fsp3) is 0.300. The molecule has 0 radical (unpaired) electrons. The van der Waals surface area contributed by atoms with Crippen LogP contribution in [0.2, 0.25) is 0 Å². The van der Waals surface area contributed by atoms with Crippen LogP contribution in [0.1, 0.15) is 24.8 Å². The fourth-order valence-corrected chi connectivity index (χ4v) is 3.99. The molecule has 2 aromatic carbocycles. The highest BCUT2D eigenvalue weighted by atomic mass is 32.2. The van der Waals surface area contributed by atoms with Gasteiger partial charge in [-0.25, -0.2) is 17.2 Å². The second-order valence-electron chi connectivity index (χ2n) is 7.19. The Kier molecular flexibility index (Phi) is 5.57. The molecule has 162 valence electrons. The van der Waals surface area contributed by atoms with E-state index in [1.54, 1.807) is 0 Å². The van der Waals surface area contributed by atoms with Crippen LogP contribution in [-0.2, 0) is 14.6 Å². The van der Waals surface area contributed by atoms with Gasteiger partial charge in [-0.15, -0.1) is 0 Å². The minimum Gasteiger partial charge on any atom is -0.490 e. The van der Waals surface area contributed by atoms with Gasteiger partial charge in [-0.2, -0.15) is 13.2 Å². The average molecular weight is 448 g/mol. The molecule has 0 amide bonds. The largest absolute Gasteiger partial charge is 0.490 e. The predicted octanol–water partition coefficient (Wildman–Crippen LogP) is 5.11. The minimum atomic E-state index is -4.56. The van der Waals surface area contributed by atoms with Crippen molar-refractivity contribution in [3.05, 3.63) is 71.7 Å². The minimum absolute atomic E-state index is 0.00487. The van der Waals surface area contributed by atoms with E-state index in [1.807, 2.05) is 0 Å². The first-order valence-electron chi connectivity index (χ1n) is 8.66. The quantitative estimate of drug-likeness (QED) is 0.597. The van der Waals surface area contributed by atoms with Gasteiger partial charge < -0.3 is 9.47 Å². The number of benzene rings is 2. The maximum atomic E-state index is 13.5. The molecule has 0 aromatic heterocycles. The zero-order chi connectivity index (χ0) is 22.3. The lowest BCUT2D eigenvalue weighted by molar-refractivity contribution is -0.173. The monoisotopic (exact) mass is 448 g/mol. The number of alkyl halides is 3. The summed E-state index contributed by atoms with van der Waals surface area (Å²) in [7, 11) is -3.51. The lowest BCUT2D eigenvalue weighted by Crippen LogP contribution is -2.37. The highest BCUT2D eigenvalue weighted by Crippen LogP contribution is 2.48. The van der Waals surface area contributed by atoms with Crippen LogP contribution in [0.3, 0.4) is 0 Å². The fourth-order valence-electron chi connectivity index (χ4n) is 3.36. The Labute approximate surface area is 169 Å². The highest BCUT2D eigenvalue weighted by molar-refractivity contribution is 7.90. The standard InChI is InChI=1S/C20H17F5O4S/c1-19(11-20(23,24)25)18(12-3-6-14(7-4-12)30(2,26)27)17(10-28-19)29-13-5-8-15(21)16(22)9-13/h3-10,18H,11H2,1-2H3. The van der Waals surface area contributed by atoms with E-state index in [1.165, 1.54) is 31.2 Å². The molecule has 0 saturated carbocycles. The average Bonchev–Trinajstić information content (AvgIpc) is 2.91. The Balaban J connectivity index is 2.00. The molecular formula is C20H17F5O4S. The van der Waals surface area contributed by atoms with Crippen molar-refractivity contribution >= 4 is 9.84 Å². The van der Waals surface area contributed by atoms with Crippen LogP contribution in [0, 0.1) is 11.6 Å². The van der Waals surface area contributed by atoms with Crippen molar-refractivity contribution in [1.82, 2.24) is 0 Å². The summed E-state index contributed by atoms with van der Waals surface area (Å²) in [6.07, 6.45) is -3.88. The van der Waals surface area contributed by atoms with Crippen molar-refractivity contribution in [3.8, 4) is 5.75 Å². The summed E-state index contributed by atoms with van der Waals surface area (Å²) >= 11 is 0. The molecule has 2 unspecified atom stereocenters. The lowest BCUT2D eigenvalue weighted by Gasteiger charge is -2.32. The molecule has 2 atom stereocenters. The Hall–Kier alpha value is -2.62. The highest BCUT2D eigenvalue weighted by Gasteiger charge is 2.51. The van der Waals surface area contributed by atoms with Crippen molar-refractivity contribution < 1.29 is 39.8 Å². The maximum absolute atomic E-state index is 13.5. The molecule has 0 bridgehead atoms. The molecule has 4 nitrogen and oxygen atoms in total. The first kappa shape index (κ1) is 22.1. The smallest absolute Gasteiger partial charge is 0.392 e. The first-order chi connectivity index (χ1) is 13.8. The number of halogens is 5. The van der Waals surface area contributed by atoms with E-state index in [0.29, 0.717) is 5.56 Å². The van der Waals surface area contributed by atoms with E-state index in [-0.39, 0.29) is 16.4 Å². The van der Waals surface area contributed by atoms with E-state index >= 15 is 0 Å². The summed E-state index contributed by atoms with van der Waals surface area (Å²) in [4.78, 5) is -0.00487. The van der Waals surface area contributed by atoms with E-state index in [0.717, 1.165) is 30.7 Å². The number of hydrogen-bond donors (Lipinski definition) is 0. The number of ether oxygens (including phenoxy) is 2. The van der Waals surface area contributed by atoms with Gasteiger partial charge in [0.25, 0.3) is 0 Å². The molecule has 0 aliphatic carbocycles. The zero-order valence-electron chi connectivity index (χ0n) is 15.8. The third-order valence-corrected chi connectivity index (χ3v) is 5.79. The van der Waals surface area contributed by atoms with Crippen LogP contribution in [-0.4, -0.2) is 26.5 Å². The van der Waals surface area contributed by atoms with Crippen LogP contribution in [0.5, 0.6) is 5.75 Å². The van der Waals surface area contributed by atoms with Gasteiger partial charge in [-0.05, 0) is 36.8 Å². The molecule has 2 aromatic rings. The molecule has 0 spiro atoms. The molecule has 1 aliphatic heterocycles. The maximum Gasteiger partial charge on any atom is 0.392 e.